The summed E-state index contributed by atoms with van der Waals surface area (Å²) >= 11 is 0. The fourth-order valence-electron chi connectivity index (χ4n) is 12.4. The molecule has 9 aromatic carbocycles. The second-order valence-corrected chi connectivity index (χ2v) is 19.3. The summed E-state index contributed by atoms with van der Waals surface area (Å²) in [7, 11) is 0. The summed E-state index contributed by atoms with van der Waals surface area (Å²) in [5.74, 6) is 1.06. The van der Waals surface area contributed by atoms with Crippen molar-refractivity contribution in [3.8, 4) is 44.5 Å². The smallest absolute Gasteiger partial charge is 0.137 e. The van der Waals surface area contributed by atoms with Crippen molar-refractivity contribution in [2.75, 3.05) is 4.90 Å². The quantitative estimate of drug-likeness (QED) is 0.155. The van der Waals surface area contributed by atoms with Gasteiger partial charge in [0.05, 0.1) is 11.4 Å². The molecule has 3 aliphatic rings. The molecule has 0 fully saturated rings. The van der Waals surface area contributed by atoms with Gasteiger partial charge in [-0.25, -0.2) is 4.98 Å². The highest BCUT2D eigenvalue weighted by atomic mass is 15.2. The molecule has 2 heterocycles. The highest BCUT2D eigenvalue weighted by Crippen LogP contribution is 2.57. The molecule has 0 radical (unpaired) electrons. The van der Waals surface area contributed by atoms with Crippen molar-refractivity contribution >= 4 is 38.7 Å². The van der Waals surface area contributed by atoms with Crippen LogP contribution < -0.4 is 4.90 Å². The molecule has 0 saturated carbocycles. The Morgan fingerprint density at radius 1 is 0.455 bits per heavy atom. The summed E-state index contributed by atoms with van der Waals surface area (Å²) in [6.45, 7) is 9.48. The van der Waals surface area contributed by atoms with Crippen molar-refractivity contribution < 1.29 is 0 Å². The molecular formula is C64H50N2. The predicted molar refractivity (Wildman–Crippen MR) is 277 cm³/mol. The molecule has 10 aromatic rings. The van der Waals surface area contributed by atoms with Gasteiger partial charge < -0.3 is 0 Å². The fraction of sp³-hybridized carbons (Fsp3) is 0.141. The standard InChI is InChI=1S/C64H50N2/c1-5-64(6-2)54-21-13-12-20-51(54)62-52-37-47-35-46(24-23-41(47)34-45(52)26-30-55(62)64)61-49-19-11-10-18-48(49)53-36-42(25-29-50(53)61)44-28-32-59-57(39-44)63(3,4)56-38-43(40-16-8-7-9-17-40)27-31-58(56)66(59)60-22-14-15-33-65-60/h7-39,61H,5-6H2,1-4H3. The molecule has 2 nitrogen and oxygen atoms in total. The number of aromatic nitrogens is 1. The van der Waals surface area contributed by atoms with E-state index in [4.69, 9.17) is 4.98 Å². The van der Waals surface area contributed by atoms with Crippen LogP contribution >= 0.6 is 0 Å². The van der Waals surface area contributed by atoms with Gasteiger partial charge in [-0.1, -0.05) is 167 Å². The van der Waals surface area contributed by atoms with E-state index in [2.05, 4.69) is 221 Å². The van der Waals surface area contributed by atoms with Crippen LogP contribution in [0.5, 0.6) is 0 Å². The van der Waals surface area contributed by atoms with Gasteiger partial charge in [0, 0.05) is 22.9 Å². The average Bonchev–Trinajstić information content (AvgIpc) is 3.86. The topological polar surface area (TPSA) is 16.1 Å². The minimum Gasteiger partial charge on any atom is -0.294 e. The number of fused-ring (bicyclic) bond motifs is 11. The van der Waals surface area contributed by atoms with E-state index in [1.54, 1.807) is 0 Å². The van der Waals surface area contributed by atoms with Crippen LogP contribution in [0.4, 0.5) is 17.2 Å². The van der Waals surface area contributed by atoms with E-state index >= 15 is 0 Å². The Bertz CT molecular complexity index is 3600. The number of benzene rings is 9. The van der Waals surface area contributed by atoms with Crippen molar-refractivity contribution in [2.24, 2.45) is 0 Å². The molecule has 66 heavy (non-hydrogen) atoms. The number of hydrogen-bond donors (Lipinski definition) is 0. The van der Waals surface area contributed by atoms with Crippen molar-refractivity contribution in [1.29, 1.82) is 0 Å². The van der Waals surface area contributed by atoms with Gasteiger partial charge in [-0.15, -0.1) is 0 Å². The average molecular weight is 847 g/mol. The normalized spacial score (nSPS) is 15.8. The monoisotopic (exact) mass is 846 g/mol. The van der Waals surface area contributed by atoms with Gasteiger partial charge in [-0.2, -0.15) is 0 Å². The maximum absolute atomic E-state index is 4.89. The highest BCUT2D eigenvalue weighted by Gasteiger charge is 2.42. The second kappa shape index (κ2) is 14.5. The first-order valence-corrected chi connectivity index (χ1v) is 23.8. The minimum absolute atomic E-state index is 0.0559. The van der Waals surface area contributed by atoms with Crippen LogP contribution in [0.15, 0.2) is 200 Å². The van der Waals surface area contributed by atoms with Gasteiger partial charge in [0.1, 0.15) is 5.82 Å². The third-order valence-corrected chi connectivity index (χ3v) is 15.8. The molecule has 0 spiro atoms. The maximum atomic E-state index is 4.89. The number of anilines is 3. The third kappa shape index (κ3) is 5.51. The molecule has 1 aliphatic heterocycles. The SMILES string of the molecule is CCC1(CC)c2ccccc2-c2c1ccc1cc3ccc(C4c5ccccc5-c5cc(-c6ccc7c(c6)C(C)(C)c6cc(-c8ccccc8)ccc6N7c6ccccn6)ccc54)cc3cc21. The molecule has 316 valence electrons. The van der Waals surface area contributed by atoms with Gasteiger partial charge in [0.25, 0.3) is 0 Å². The van der Waals surface area contributed by atoms with Crippen molar-refractivity contribution in [3.05, 3.63) is 239 Å². The molecule has 1 unspecified atom stereocenters. The summed E-state index contributed by atoms with van der Waals surface area (Å²) < 4.78 is 0. The number of pyridine rings is 1. The van der Waals surface area contributed by atoms with Gasteiger partial charge in [0.15, 0.2) is 0 Å². The van der Waals surface area contributed by atoms with Crippen LogP contribution in [0.1, 0.15) is 85.4 Å². The van der Waals surface area contributed by atoms with Gasteiger partial charge in [0.2, 0.25) is 0 Å². The van der Waals surface area contributed by atoms with Crippen LogP contribution in [0.2, 0.25) is 0 Å². The van der Waals surface area contributed by atoms with Gasteiger partial charge in [-0.3, -0.25) is 4.90 Å². The third-order valence-electron chi connectivity index (χ3n) is 15.8. The molecule has 2 heteroatoms. The van der Waals surface area contributed by atoms with Crippen LogP contribution in [-0.4, -0.2) is 4.98 Å². The van der Waals surface area contributed by atoms with E-state index < -0.39 is 0 Å². The van der Waals surface area contributed by atoms with Crippen LogP contribution in [0.25, 0.3) is 66.1 Å². The lowest BCUT2D eigenvalue weighted by molar-refractivity contribution is 0.490. The number of rotatable bonds is 6. The summed E-state index contributed by atoms with van der Waals surface area (Å²) in [5, 5.41) is 5.26. The molecule has 0 amide bonds. The highest BCUT2D eigenvalue weighted by molar-refractivity contribution is 6.08. The molecule has 0 saturated heterocycles. The first kappa shape index (κ1) is 38.9. The van der Waals surface area contributed by atoms with E-state index in [0.29, 0.717) is 0 Å². The second-order valence-electron chi connectivity index (χ2n) is 19.3. The van der Waals surface area contributed by atoms with Crippen LogP contribution in [0, 0.1) is 0 Å². The van der Waals surface area contributed by atoms with Crippen molar-refractivity contribution in [3.63, 3.8) is 0 Å². The number of hydrogen-bond acceptors (Lipinski definition) is 2. The zero-order chi connectivity index (χ0) is 44.3. The first-order valence-electron chi connectivity index (χ1n) is 23.8. The Labute approximate surface area is 387 Å². The molecule has 1 atom stereocenters. The fourth-order valence-corrected chi connectivity index (χ4v) is 12.4. The van der Waals surface area contributed by atoms with E-state index in [1.807, 2.05) is 12.3 Å². The Hall–Kier alpha value is -7.55. The van der Waals surface area contributed by atoms with Crippen LogP contribution in [0.3, 0.4) is 0 Å². The summed E-state index contributed by atoms with van der Waals surface area (Å²) in [4.78, 5) is 7.24. The molecule has 13 rings (SSSR count). The zero-order valence-corrected chi connectivity index (χ0v) is 37.9. The van der Waals surface area contributed by atoms with E-state index in [9.17, 15) is 0 Å². The van der Waals surface area contributed by atoms with Crippen LogP contribution in [-0.2, 0) is 10.8 Å². The lowest BCUT2D eigenvalue weighted by Gasteiger charge is -2.42. The zero-order valence-electron chi connectivity index (χ0n) is 37.9. The summed E-state index contributed by atoms with van der Waals surface area (Å²) in [6, 6.07) is 73.3. The minimum atomic E-state index is -0.273. The Morgan fingerprint density at radius 3 is 1.86 bits per heavy atom. The molecule has 2 aliphatic carbocycles. The van der Waals surface area contributed by atoms with Gasteiger partial charge in [-0.05, 0) is 172 Å². The Kier molecular flexibility index (Phi) is 8.53. The largest absolute Gasteiger partial charge is 0.294 e. The maximum Gasteiger partial charge on any atom is 0.137 e. The van der Waals surface area contributed by atoms with Gasteiger partial charge >= 0.3 is 0 Å². The molecule has 0 N–H and O–H groups in total. The molecule has 0 bridgehead atoms. The lowest BCUT2D eigenvalue weighted by Crippen LogP contribution is -2.31. The Balaban J connectivity index is 0.921. The van der Waals surface area contributed by atoms with E-state index in [-0.39, 0.29) is 16.7 Å². The predicted octanol–water partition coefficient (Wildman–Crippen LogP) is 17.1. The van der Waals surface area contributed by atoms with Crippen molar-refractivity contribution in [2.45, 2.75) is 57.3 Å². The van der Waals surface area contributed by atoms with E-state index in [1.165, 1.54) is 116 Å². The summed E-state index contributed by atoms with van der Waals surface area (Å²) in [5.41, 5.74) is 22.1. The first-order chi connectivity index (χ1) is 32.4. The Morgan fingerprint density at radius 2 is 1.11 bits per heavy atom. The lowest BCUT2D eigenvalue weighted by atomic mass is 9.72. The van der Waals surface area contributed by atoms with E-state index in [0.717, 1.165) is 18.7 Å². The van der Waals surface area contributed by atoms with Crippen molar-refractivity contribution in [1.82, 2.24) is 4.98 Å². The molecule has 1 aromatic heterocycles. The molecular weight excluding hydrogens is 797 g/mol. The summed E-state index contributed by atoms with van der Waals surface area (Å²) in [6.07, 6.45) is 4.08. The number of nitrogens with zero attached hydrogens (tertiary/aromatic N) is 2.